The van der Waals surface area contributed by atoms with Crippen LogP contribution in [0.5, 0.6) is 0 Å². The first-order chi connectivity index (χ1) is 5.63. The summed E-state index contributed by atoms with van der Waals surface area (Å²) in [5, 5.41) is 9.52. The van der Waals surface area contributed by atoms with Crippen LogP contribution < -0.4 is 0 Å². The maximum Gasteiger partial charge on any atom is 0.221 e. The zero-order valence-corrected chi connectivity index (χ0v) is 8.21. The number of carbonyl (C=O) groups excluding carboxylic acids is 1. The molecule has 0 aromatic carbocycles. The van der Waals surface area contributed by atoms with Crippen LogP contribution >= 0.6 is 0 Å². The van der Waals surface area contributed by atoms with Crippen molar-refractivity contribution in [3.8, 4) is 0 Å². The Morgan fingerprint density at radius 1 is 1.50 bits per heavy atom. The lowest BCUT2D eigenvalue weighted by atomic mass is 10.2. The molecule has 1 amide bonds. The summed E-state index contributed by atoms with van der Waals surface area (Å²) >= 11 is 0. The Morgan fingerprint density at radius 3 is 2.42 bits per heavy atom. The number of carbonyl (C=O) groups is 1. The predicted octanol–water partition coefficient (Wildman–Crippen LogP) is 1.36. The standard InChI is InChI=1S/C9H19NO2/c1-4-6-7-9(12)10(5-2)8(3)11/h9,12H,4-7H2,1-3H3. The SMILES string of the molecule is CCCCC(O)N(CC)C(C)=O. The van der Waals surface area contributed by atoms with Gasteiger partial charge in [0.15, 0.2) is 0 Å². The summed E-state index contributed by atoms with van der Waals surface area (Å²) in [4.78, 5) is 12.4. The zero-order chi connectivity index (χ0) is 9.56. The number of aliphatic hydroxyl groups is 1. The molecule has 1 atom stereocenters. The largest absolute Gasteiger partial charge is 0.374 e. The number of unbranched alkanes of at least 4 members (excludes halogenated alkanes) is 1. The van der Waals surface area contributed by atoms with Crippen molar-refractivity contribution in [1.29, 1.82) is 0 Å². The number of aliphatic hydroxyl groups excluding tert-OH is 1. The lowest BCUT2D eigenvalue weighted by molar-refractivity contribution is -0.138. The van der Waals surface area contributed by atoms with Crippen molar-refractivity contribution in [3.05, 3.63) is 0 Å². The van der Waals surface area contributed by atoms with Crippen LogP contribution in [-0.2, 0) is 4.79 Å². The molecule has 0 aliphatic rings. The summed E-state index contributed by atoms with van der Waals surface area (Å²) in [6.45, 7) is 6.01. The van der Waals surface area contributed by atoms with Crippen LogP contribution in [0.3, 0.4) is 0 Å². The third kappa shape index (κ3) is 3.72. The summed E-state index contributed by atoms with van der Waals surface area (Å²) in [5.74, 6) is -0.0545. The molecule has 0 spiro atoms. The Hall–Kier alpha value is -0.570. The maximum absolute atomic E-state index is 10.9. The molecule has 3 heteroatoms. The molecule has 0 aliphatic heterocycles. The fourth-order valence-electron chi connectivity index (χ4n) is 1.19. The van der Waals surface area contributed by atoms with E-state index >= 15 is 0 Å². The Kier molecular flexibility index (Phi) is 5.72. The van der Waals surface area contributed by atoms with Crippen molar-refractivity contribution >= 4 is 5.91 Å². The van der Waals surface area contributed by atoms with E-state index in [0.717, 1.165) is 12.8 Å². The molecule has 0 saturated heterocycles. The molecule has 0 aromatic heterocycles. The van der Waals surface area contributed by atoms with Crippen molar-refractivity contribution in [1.82, 2.24) is 4.90 Å². The van der Waals surface area contributed by atoms with Crippen LogP contribution in [0.25, 0.3) is 0 Å². The summed E-state index contributed by atoms with van der Waals surface area (Å²) in [5.41, 5.74) is 0. The summed E-state index contributed by atoms with van der Waals surface area (Å²) in [6.07, 6.45) is 2.11. The van der Waals surface area contributed by atoms with Crippen molar-refractivity contribution in [3.63, 3.8) is 0 Å². The number of rotatable bonds is 5. The molecule has 0 fully saturated rings. The minimum Gasteiger partial charge on any atom is -0.374 e. The second-order valence-corrected chi connectivity index (χ2v) is 2.93. The lowest BCUT2D eigenvalue weighted by Crippen LogP contribution is -2.38. The van der Waals surface area contributed by atoms with Gasteiger partial charge in [-0.3, -0.25) is 4.79 Å². The van der Waals surface area contributed by atoms with Crippen molar-refractivity contribution in [2.24, 2.45) is 0 Å². The minimum atomic E-state index is -0.590. The van der Waals surface area contributed by atoms with Crippen LogP contribution in [-0.4, -0.2) is 28.7 Å². The molecule has 0 aromatic rings. The highest BCUT2D eigenvalue weighted by Gasteiger charge is 2.14. The van der Waals surface area contributed by atoms with Crippen LogP contribution in [0, 0.1) is 0 Å². The van der Waals surface area contributed by atoms with Gasteiger partial charge < -0.3 is 10.0 Å². The van der Waals surface area contributed by atoms with Crippen molar-refractivity contribution in [2.45, 2.75) is 46.3 Å². The van der Waals surface area contributed by atoms with Gasteiger partial charge in [0, 0.05) is 13.5 Å². The molecule has 0 radical (unpaired) electrons. The van der Waals surface area contributed by atoms with Gasteiger partial charge in [0.05, 0.1) is 0 Å². The highest BCUT2D eigenvalue weighted by atomic mass is 16.3. The van der Waals surface area contributed by atoms with Crippen LogP contribution in [0.15, 0.2) is 0 Å². The van der Waals surface area contributed by atoms with E-state index in [1.165, 1.54) is 11.8 Å². The molecule has 0 saturated carbocycles. The normalized spacial score (nSPS) is 12.7. The van der Waals surface area contributed by atoms with E-state index in [9.17, 15) is 9.90 Å². The van der Waals surface area contributed by atoms with Crippen LogP contribution in [0.1, 0.15) is 40.0 Å². The van der Waals surface area contributed by atoms with Crippen molar-refractivity contribution < 1.29 is 9.90 Å². The highest BCUT2D eigenvalue weighted by molar-refractivity contribution is 5.73. The molecule has 72 valence electrons. The van der Waals surface area contributed by atoms with E-state index in [0.29, 0.717) is 13.0 Å². The van der Waals surface area contributed by atoms with Gasteiger partial charge in [0.25, 0.3) is 0 Å². The van der Waals surface area contributed by atoms with Gasteiger partial charge in [-0.25, -0.2) is 0 Å². The van der Waals surface area contributed by atoms with Gasteiger partial charge in [-0.15, -0.1) is 0 Å². The Labute approximate surface area is 74.4 Å². The maximum atomic E-state index is 10.9. The van der Waals surface area contributed by atoms with Gasteiger partial charge in [-0.05, 0) is 19.8 Å². The first-order valence-corrected chi connectivity index (χ1v) is 4.58. The van der Waals surface area contributed by atoms with Gasteiger partial charge in [-0.1, -0.05) is 13.3 Å². The minimum absolute atomic E-state index is 0.0545. The molecular weight excluding hydrogens is 154 g/mol. The number of hydrogen-bond donors (Lipinski definition) is 1. The zero-order valence-electron chi connectivity index (χ0n) is 8.21. The molecule has 0 rings (SSSR count). The highest BCUT2D eigenvalue weighted by Crippen LogP contribution is 2.05. The number of hydrogen-bond acceptors (Lipinski definition) is 2. The number of nitrogens with zero attached hydrogens (tertiary/aromatic N) is 1. The van der Waals surface area contributed by atoms with E-state index in [1.54, 1.807) is 0 Å². The molecule has 0 aliphatic carbocycles. The summed E-state index contributed by atoms with van der Waals surface area (Å²) in [7, 11) is 0. The average molecular weight is 173 g/mol. The fourth-order valence-corrected chi connectivity index (χ4v) is 1.19. The Morgan fingerprint density at radius 2 is 2.08 bits per heavy atom. The second kappa shape index (κ2) is 6.00. The quantitative estimate of drug-likeness (QED) is 0.638. The second-order valence-electron chi connectivity index (χ2n) is 2.93. The van der Waals surface area contributed by atoms with Crippen LogP contribution in [0.4, 0.5) is 0 Å². The lowest BCUT2D eigenvalue weighted by Gasteiger charge is -2.25. The average Bonchev–Trinajstić information content (AvgIpc) is 2.01. The summed E-state index contributed by atoms with van der Waals surface area (Å²) < 4.78 is 0. The Bertz CT molecular complexity index is 136. The topological polar surface area (TPSA) is 40.5 Å². The monoisotopic (exact) mass is 173 g/mol. The first kappa shape index (κ1) is 11.4. The van der Waals surface area contributed by atoms with E-state index in [1.807, 2.05) is 6.92 Å². The molecule has 1 unspecified atom stereocenters. The molecular formula is C9H19NO2. The van der Waals surface area contributed by atoms with E-state index in [2.05, 4.69) is 6.92 Å². The smallest absolute Gasteiger partial charge is 0.221 e. The molecule has 1 N–H and O–H groups in total. The van der Waals surface area contributed by atoms with E-state index in [4.69, 9.17) is 0 Å². The van der Waals surface area contributed by atoms with Crippen LogP contribution in [0.2, 0.25) is 0 Å². The Balaban J connectivity index is 3.85. The predicted molar refractivity (Wildman–Crippen MR) is 48.6 cm³/mol. The fraction of sp³-hybridized carbons (Fsp3) is 0.889. The van der Waals surface area contributed by atoms with Gasteiger partial charge in [-0.2, -0.15) is 0 Å². The van der Waals surface area contributed by atoms with Gasteiger partial charge >= 0.3 is 0 Å². The molecule has 3 nitrogen and oxygen atoms in total. The van der Waals surface area contributed by atoms with E-state index < -0.39 is 6.23 Å². The first-order valence-electron chi connectivity index (χ1n) is 4.58. The summed E-state index contributed by atoms with van der Waals surface area (Å²) in [6, 6.07) is 0. The molecule has 0 bridgehead atoms. The third-order valence-electron chi connectivity index (χ3n) is 1.92. The van der Waals surface area contributed by atoms with Gasteiger partial charge in [0.2, 0.25) is 5.91 Å². The molecule has 12 heavy (non-hydrogen) atoms. The third-order valence-corrected chi connectivity index (χ3v) is 1.92. The number of amides is 1. The van der Waals surface area contributed by atoms with Crippen molar-refractivity contribution in [2.75, 3.05) is 6.54 Å². The van der Waals surface area contributed by atoms with Gasteiger partial charge in [0.1, 0.15) is 6.23 Å². The van der Waals surface area contributed by atoms with E-state index in [-0.39, 0.29) is 5.91 Å². The molecule has 0 heterocycles.